The molecular weight excluding hydrogens is 240 g/mol. The van der Waals surface area contributed by atoms with Crippen LogP contribution in [-0.4, -0.2) is 37.2 Å². The third-order valence-corrected chi connectivity index (χ3v) is 5.37. The Kier molecular flexibility index (Phi) is 3.81. The van der Waals surface area contributed by atoms with Gasteiger partial charge in [-0.2, -0.15) is 0 Å². The minimum absolute atomic E-state index is 0.0267. The molecule has 3 fully saturated rings. The molecule has 1 saturated heterocycles. The molecule has 4 nitrogen and oxygen atoms in total. The van der Waals surface area contributed by atoms with Crippen molar-refractivity contribution in [2.75, 3.05) is 13.2 Å². The van der Waals surface area contributed by atoms with E-state index in [1.54, 1.807) is 0 Å². The highest BCUT2D eigenvalue weighted by Crippen LogP contribution is 2.54. The largest absolute Gasteiger partial charge is 0.378 e. The van der Waals surface area contributed by atoms with Crippen LogP contribution in [0.15, 0.2) is 0 Å². The molecule has 19 heavy (non-hydrogen) atoms. The van der Waals surface area contributed by atoms with Gasteiger partial charge in [-0.05, 0) is 39.0 Å². The summed E-state index contributed by atoms with van der Waals surface area (Å²) in [5, 5.41) is 6.60. The summed E-state index contributed by atoms with van der Waals surface area (Å²) >= 11 is 0. The second-order valence-corrected chi connectivity index (χ2v) is 6.33. The van der Waals surface area contributed by atoms with E-state index in [0.717, 1.165) is 32.4 Å². The zero-order valence-corrected chi connectivity index (χ0v) is 11.9. The summed E-state index contributed by atoms with van der Waals surface area (Å²) in [5.74, 6) is 0.194. The summed E-state index contributed by atoms with van der Waals surface area (Å²) in [6.07, 6.45) is 8.75. The van der Waals surface area contributed by atoms with Crippen molar-refractivity contribution >= 4 is 5.91 Å². The van der Waals surface area contributed by atoms with Crippen LogP contribution in [-0.2, 0) is 9.53 Å². The molecule has 3 aliphatic rings. The highest BCUT2D eigenvalue weighted by molar-refractivity contribution is 5.82. The maximum absolute atomic E-state index is 11.9. The standard InChI is InChI=1S/C15H26N2O2/c1-2-19-13-10-12(15(13)7-3-4-8-15)17-11-6-5-9-16-14(11)18/h11-13,17H,2-10H2,1H3,(H,16,18). The summed E-state index contributed by atoms with van der Waals surface area (Å²) in [6.45, 7) is 3.73. The van der Waals surface area contributed by atoms with Gasteiger partial charge >= 0.3 is 0 Å². The van der Waals surface area contributed by atoms with Gasteiger partial charge in [0.05, 0.1) is 12.1 Å². The predicted molar refractivity (Wildman–Crippen MR) is 73.9 cm³/mol. The lowest BCUT2D eigenvalue weighted by Crippen LogP contribution is -2.66. The van der Waals surface area contributed by atoms with Crippen molar-refractivity contribution in [3.63, 3.8) is 0 Å². The van der Waals surface area contributed by atoms with E-state index in [2.05, 4.69) is 17.6 Å². The van der Waals surface area contributed by atoms with E-state index in [4.69, 9.17) is 4.74 Å². The van der Waals surface area contributed by atoms with Crippen LogP contribution >= 0.6 is 0 Å². The topological polar surface area (TPSA) is 50.4 Å². The van der Waals surface area contributed by atoms with E-state index in [-0.39, 0.29) is 11.9 Å². The number of carbonyl (C=O) groups is 1. The first kappa shape index (κ1) is 13.4. The lowest BCUT2D eigenvalue weighted by Gasteiger charge is -2.55. The van der Waals surface area contributed by atoms with Gasteiger partial charge in [0.1, 0.15) is 0 Å². The number of amides is 1. The molecule has 3 atom stereocenters. The molecule has 0 aromatic rings. The third kappa shape index (κ3) is 2.29. The van der Waals surface area contributed by atoms with E-state index < -0.39 is 0 Å². The minimum Gasteiger partial charge on any atom is -0.378 e. The Hall–Kier alpha value is -0.610. The Morgan fingerprint density at radius 1 is 1.37 bits per heavy atom. The Morgan fingerprint density at radius 2 is 2.16 bits per heavy atom. The van der Waals surface area contributed by atoms with Crippen LogP contribution in [0.4, 0.5) is 0 Å². The van der Waals surface area contributed by atoms with Crippen LogP contribution in [0.2, 0.25) is 0 Å². The maximum atomic E-state index is 11.9. The monoisotopic (exact) mass is 266 g/mol. The van der Waals surface area contributed by atoms with E-state index >= 15 is 0 Å². The quantitative estimate of drug-likeness (QED) is 0.812. The molecule has 0 aromatic heterocycles. The summed E-state index contributed by atoms with van der Waals surface area (Å²) in [4.78, 5) is 11.9. The zero-order valence-electron chi connectivity index (χ0n) is 11.9. The molecule has 108 valence electrons. The van der Waals surface area contributed by atoms with E-state index in [9.17, 15) is 4.79 Å². The van der Waals surface area contributed by atoms with Crippen molar-refractivity contribution in [1.29, 1.82) is 0 Å². The maximum Gasteiger partial charge on any atom is 0.237 e. The Morgan fingerprint density at radius 3 is 2.84 bits per heavy atom. The van der Waals surface area contributed by atoms with Crippen LogP contribution < -0.4 is 10.6 Å². The molecule has 2 aliphatic carbocycles. The Bertz CT molecular complexity index is 339. The molecule has 3 unspecified atom stereocenters. The molecular formula is C15H26N2O2. The molecule has 4 heteroatoms. The van der Waals surface area contributed by atoms with Crippen molar-refractivity contribution in [3.8, 4) is 0 Å². The smallest absolute Gasteiger partial charge is 0.237 e. The minimum atomic E-state index is 0.0267. The zero-order chi connectivity index (χ0) is 13.3. The van der Waals surface area contributed by atoms with E-state index in [0.29, 0.717) is 17.6 Å². The van der Waals surface area contributed by atoms with Gasteiger partial charge in [-0.15, -0.1) is 0 Å². The van der Waals surface area contributed by atoms with E-state index in [1.165, 1.54) is 25.7 Å². The van der Waals surface area contributed by atoms with Crippen molar-refractivity contribution in [2.24, 2.45) is 5.41 Å². The van der Waals surface area contributed by atoms with Crippen LogP contribution in [0.1, 0.15) is 51.9 Å². The van der Waals surface area contributed by atoms with Gasteiger partial charge < -0.3 is 15.4 Å². The lowest BCUT2D eigenvalue weighted by molar-refractivity contribution is -0.140. The van der Waals surface area contributed by atoms with Gasteiger partial charge in [0, 0.05) is 24.6 Å². The Balaban J connectivity index is 1.63. The van der Waals surface area contributed by atoms with Gasteiger partial charge in [0.25, 0.3) is 0 Å². The SMILES string of the molecule is CCOC1CC(NC2CCCNC2=O)C12CCCC2. The van der Waals surface area contributed by atoms with Crippen molar-refractivity contribution < 1.29 is 9.53 Å². The fraction of sp³-hybridized carbons (Fsp3) is 0.933. The first-order valence-electron chi connectivity index (χ1n) is 7.91. The molecule has 1 amide bonds. The van der Waals surface area contributed by atoms with Crippen LogP contribution in [0.5, 0.6) is 0 Å². The number of carbonyl (C=O) groups excluding carboxylic acids is 1. The van der Waals surface area contributed by atoms with Gasteiger partial charge in [-0.1, -0.05) is 12.8 Å². The molecule has 1 spiro atoms. The number of ether oxygens (including phenoxy) is 1. The summed E-state index contributed by atoms with van der Waals surface area (Å²) in [7, 11) is 0. The normalized spacial score (nSPS) is 37.1. The second-order valence-electron chi connectivity index (χ2n) is 6.33. The molecule has 3 rings (SSSR count). The molecule has 2 N–H and O–H groups in total. The molecule has 2 saturated carbocycles. The average molecular weight is 266 g/mol. The average Bonchev–Trinajstić information content (AvgIpc) is 2.92. The molecule has 0 radical (unpaired) electrons. The first-order valence-corrected chi connectivity index (χ1v) is 7.91. The fourth-order valence-corrected chi connectivity index (χ4v) is 4.29. The summed E-state index contributed by atoms with van der Waals surface area (Å²) in [5.41, 5.74) is 0.327. The predicted octanol–water partition coefficient (Wildman–Crippen LogP) is 1.59. The summed E-state index contributed by atoms with van der Waals surface area (Å²) in [6, 6.07) is 0.513. The second kappa shape index (κ2) is 5.41. The highest BCUT2D eigenvalue weighted by atomic mass is 16.5. The number of nitrogens with one attached hydrogen (secondary N) is 2. The summed E-state index contributed by atoms with van der Waals surface area (Å²) < 4.78 is 5.92. The fourth-order valence-electron chi connectivity index (χ4n) is 4.29. The van der Waals surface area contributed by atoms with Crippen molar-refractivity contribution in [1.82, 2.24) is 10.6 Å². The van der Waals surface area contributed by atoms with Crippen molar-refractivity contribution in [2.45, 2.75) is 70.1 Å². The van der Waals surface area contributed by atoms with Crippen LogP contribution in [0, 0.1) is 5.41 Å². The molecule has 0 aromatic carbocycles. The third-order valence-electron chi connectivity index (χ3n) is 5.37. The number of rotatable bonds is 4. The Labute approximate surface area is 115 Å². The van der Waals surface area contributed by atoms with Crippen LogP contribution in [0.25, 0.3) is 0 Å². The lowest BCUT2D eigenvalue weighted by atomic mass is 9.60. The number of piperidine rings is 1. The van der Waals surface area contributed by atoms with Gasteiger partial charge in [-0.25, -0.2) is 0 Å². The van der Waals surface area contributed by atoms with Gasteiger partial charge in [0.2, 0.25) is 5.91 Å². The highest BCUT2D eigenvalue weighted by Gasteiger charge is 2.57. The van der Waals surface area contributed by atoms with Crippen molar-refractivity contribution in [3.05, 3.63) is 0 Å². The molecule has 1 heterocycles. The van der Waals surface area contributed by atoms with Gasteiger partial charge in [-0.3, -0.25) is 4.79 Å². The van der Waals surface area contributed by atoms with Gasteiger partial charge in [0.15, 0.2) is 0 Å². The molecule has 0 bridgehead atoms. The number of hydrogen-bond acceptors (Lipinski definition) is 3. The molecule has 1 aliphatic heterocycles. The number of hydrogen-bond donors (Lipinski definition) is 2. The first-order chi connectivity index (χ1) is 9.26. The van der Waals surface area contributed by atoms with Crippen LogP contribution in [0.3, 0.4) is 0 Å². The van der Waals surface area contributed by atoms with E-state index in [1.807, 2.05) is 0 Å².